The minimum absolute atomic E-state index is 0. The molecule has 4 heteroatoms. The van der Waals surface area contributed by atoms with Crippen molar-refractivity contribution in [2.75, 3.05) is 0 Å². The number of piperidine rings is 1. The molecule has 0 aromatic heterocycles. The number of carbonyl (C=O) groups is 1. The first-order chi connectivity index (χ1) is 10.2. The second kappa shape index (κ2) is 5.37. The number of nitrogens with one attached hydrogen (secondary N) is 2. The topological polar surface area (TPSA) is 41.1 Å². The minimum Gasteiger partial charge on any atom is -0.353 e. The number of amides is 1. The fourth-order valence-electron chi connectivity index (χ4n) is 6.90. The largest absolute Gasteiger partial charge is 0.353 e. The molecule has 0 aromatic carbocycles. The van der Waals surface area contributed by atoms with Gasteiger partial charge in [0, 0.05) is 23.5 Å². The van der Waals surface area contributed by atoms with E-state index in [1.165, 1.54) is 51.4 Å². The molecule has 2 heterocycles. The Morgan fingerprint density at radius 3 is 1.86 bits per heavy atom. The van der Waals surface area contributed by atoms with Crippen molar-refractivity contribution < 1.29 is 4.79 Å². The molecule has 0 spiro atoms. The molecule has 0 radical (unpaired) electrons. The zero-order valence-corrected chi connectivity index (χ0v) is 14.2. The second-order valence-corrected chi connectivity index (χ2v) is 8.98. The Hall–Kier alpha value is -0.280. The highest BCUT2D eigenvalue weighted by atomic mass is 35.5. The van der Waals surface area contributed by atoms with Crippen molar-refractivity contribution in [2.24, 2.45) is 23.2 Å². The molecule has 3 nitrogen and oxygen atoms in total. The van der Waals surface area contributed by atoms with E-state index in [0.717, 1.165) is 30.6 Å². The maximum atomic E-state index is 13.1. The highest BCUT2D eigenvalue weighted by Crippen LogP contribution is 2.60. The van der Waals surface area contributed by atoms with E-state index in [-0.39, 0.29) is 17.8 Å². The standard InChI is InChI=1S/C18H28N2O.ClH/c21-17(20-16-6-14-1-2-15(7-16)19-14)18-8-11-3-12(9-18)5-13(4-11)10-18;/h11-16,19H,1-10H2,(H,20,21);1H. The van der Waals surface area contributed by atoms with Crippen molar-refractivity contribution in [2.45, 2.75) is 82.3 Å². The smallest absolute Gasteiger partial charge is 0.226 e. The molecular formula is C18H29ClN2O. The highest BCUT2D eigenvalue weighted by Gasteiger charge is 2.55. The maximum Gasteiger partial charge on any atom is 0.226 e. The summed E-state index contributed by atoms with van der Waals surface area (Å²) in [4.78, 5) is 13.1. The SMILES string of the molecule is Cl.O=C(NC1CC2CCC(C1)N2)C12CC3CC(CC(C3)C1)C2. The Bertz CT molecular complexity index is 419. The Morgan fingerprint density at radius 1 is 0.864 bits per heavy atom. The van der Waals surface area contributed by atoms with Crippen LogP contribution in [0.2, 0.25) is 0 Å². The summed E-state index contributed by atoms with van der Waals surface area (Å²) in [6.45, 7) is 0. The summed E-state index contributed by atoms with van der Waals surface area (Å²) in [7, 11) is 0. The summed E-state index contributed by atoms with van der Waals surface area (Å²) in [6.07, 6.45) is 12.8. The molecule has 2 atom stereocenters. The van der Waals surface area contributed by atoms with Crippen LogP contribution in [0.4, 0.5) is 0 Å². The van der Waals surface area contributed by atoms with Crippen molar-refractivity contribution in [1.82, 2.24) is 10.6 Å². The molecule has 1 amide bonds. The summed E-state index contributed by atoms with van der Waals surface area (Å²) < 4.78 is 0. The zero-order chi connectivity index (χ0) is 14.0. The minimum atomic E-state index is 0. The first-order valence-corrected chi connectivity index (χ1v) is 9.25. The molecule has 6 rings (SSSR count). The summed E-state index contributed by atoms with van der Waals surface area (Å²) in [5.41, 5.74) is 0.0404. The molecule has 4 aliphatic carbocycles. The van der Waals surface area contributed by atoms with Gasteiger partial charge in [-0.1, -0.05) is 0 Å². The lowest BCUT2D eigenvalue weighted by Crippen LogP contribution is -2.57. The molecular weight excluding hydrogens is 296 g/mol. The van der Waals surface area contributed by atoms with Gasteiger partial charge in [0.2, 0.25) is 5.91 Å². The van der Waals surface area contributed by atoms with E-state index in [1.54, 1.807) is 0 Å². The predicted molar refractivity (Wildman–Crippen MR) is 89.0 cm³/mol. The summed E-state index contributed by atoms with van der Waals surface area (Å²) >= 11 is 0. The van der Waals surface area contributed by atoms with Gasteiger partial charge in [-0.15, -0.1) is 12.4 Å². The monoisotopic (exact) mass is 324 g/mol. The zero-order valence-electron chi connectivity index (χ0n) is 13.4. The molecule has 6 aliphatic rings. The second-order valence-electron chi connectivity index (χ2n) is 8.98. The van der Waals surface area contributed by atoms with Gasteiger partial charge in [-0.05, 0) is 82.0 Å². The van der Waals surface area contributed by atoms with Crippen molar-refractivity contribution in [1.29, 1.82) is 0 Å². The van der Waals surface area contributed by atoms with Gasteiger partial charge < -0.3 is 10.6 Å². The third-order valence-electron chi connectivity index (χ3n) is 7.33. The summed E-state index contributed by atoms with van der Waals surface area (Å²) in [6, 6.07) is 1.79. The van der Waals surface area contributed by atoms with Gasteiger partial charge in [-0.3, -0.25) is 4.79 Å². The fourth-order valence-corrected chi connectivity index (χ4v) is 6.90. The van der Waals surface area contributed by atoms with Crippen molar-refractivity contribution in [3.63, 3.8) is 0 Å². The predicted octanol–water partition coefficient (Wildman–Crippen LogP) is 3.02. The lowest BCUT2D eigenvalue weighted by Gasteiger charge is -2.56. The number of fused-ring (bicyclic) bond motifs is 2. The normalized spacial score (nSPS) is 51.5. The number of rotatable bonds is 2. The van der Waals surface area contributed by atoms with Gasteiger partial charge in [-0.2, -0.15) is 0 Å². The van der Waals surface area contributed by atoms with E-state index in [0.29, 0.717) is 24.0 Å². The van der Waals surface area contributed by atoms with Gasteiger partial charge in [0.05, 0.1) is 0 Å². The average Bonchev–Trinajstić information content (AvgIpc) is 2.76. The van der Waals surface area contributed by atoms with Gasteiger partial charge >= 0.3 is 0 Å². The van der Waals surface area contributed by atoms with Crippen LogP contribution >= 0.6 is 12.4 Å². The van der Waals surface area contributed by atoms with E-state index in [4.69, 9.17) is 0 Å². The van der Waals surface area contributed by atoms with Gasteiger partial charge in [0.15, 0.2) is 0 Å². The molecule has 2 aliphatic heterocycles. The van der Waals surface area contributed by atoms with Gasteiger partial charge in [-0.25, -0.2) is 0 Å². The van der Waals surface area contributed by atoms with Crippen LogP contribution < -0.4 is 10.6 Å². The molecule has 0 aromatic rings. The van der Waals surface area contributed by atoms with Crippen molar-refractivity contribution in [3.8, 4) is 0 Å². The molecule has 2 unspecified atom stereocenters. The number of hydrogen-bond donors (Lipinski definition) is 2. The number of halogens is 1. The van der Waals surface area contributed by atoms with Gasteiger partial charge in [0.25, 0.3) is 0 Å². The first kappa shape index (κ1) is 15.3. The van der Waals surface area contributed by atoms with Crippen LogP contribution in [0.3, 0.4) is 0 Å². The van der Waals surface area contributed by atoms with Crippen LogP contribution in [-0.2, 0) is 4.79 Å². The first-order valence-electron chi connectivity index (χ1n) is 9.25. The van der Waals surface area contributed by atoms with Crippen LogP contribution in [0.5, 0.6) is 0 Å². The van der Waals surface area contributed by atoms with Crippen molar-refractivity contribution in [3.05, 3.63) is 0 Å². The average molecular weight is 325 g/mol. The summed E-state index contributed by atoms with van der Waals surface area (Å²) in [5.74, 6) is 3.04. The van der Waals surface area contributed by atoms with E-state index >= 15 is 0 Å². The molecule has 6 bridgehead atoms. The molecule has 124 valence electrons. The van der Waals surface area contributed by atoms with Crippen LogP contribution in [0.25, 0.3) is 0 Å². The fraction of sp³-hybridized carbons (Fsp3) is 0.944. The molecule has 2 saturated heterocycles. The Morgan fingerprint density at radius 2 is 1.36 bits per heavy atom. The van der Waals surface area contributed by atoms with Crippen molar-refractivity contribution >= 4 is 18.3 Å². The van der Waals surface area contributed by atoms with E-state index < -0.39 is 0 Å². The van der Waals surface area contributed by atoms with Gasteiger partial charge in [0.1, 0.15) is 0 Å². The number of carbonyl (C=O) groups excluding carboxylic acids is 1. The Balaban J connectivity index is 0.00000125. The lowest BCUT2D eigenvalue weighted by molar-refractivity contribution is -0.147. The number of hydrogen-bond acceptors (Lipinski definition) is 2. The van der Waals surface area contributed by atoms with E-state index in [9.17, 15) is 4.79 Å². The van der Waals surface area contributed by atoms with E-state index in [2.05, 4.69) is 10.6 Å². The third kappa shape index (κ3) is 2.39. The summed E-state index contributed by atoms with van der Waals surface area (Å²) in [5, 5.41) is 7.18. The molecule has 2 N–H and O–H groups in total. The maximum absolute atomic E-state index is 13.1. The van der Waals surface area contributed by atoms with Crippen LogP contribution in [0, 0.1) is 23.2 Å². The third-order valence-corrected chi connectivity index (χ3v) is 7.33. The molecule has 22 heavy (non-hydrogen) atoms. The van der Waals surface area contributed by atoms with Crippen LogP contribution in [0.1, 0.15) is 64.2 Å². The molecule has 4 saturated carbocycles. The molecule has 6 fully saturated rings. The van der Waals surface area contributed by atoms with Crippen LogP contribution in [0.15, 0.2) is 0 Å². The quantitative estimate of drug-likeness (QED) is 0.819. The van der Waals surface area contributed by atoms with Crippen LogP contribution in [-0.4, -0.2) is 24.0 Å². The van der Waals surface area contributed by atoms with E-state index in [1.807, 2.05) is 0 Å². The lowest BCUT2D eigenvalue weighted by atomic mass is 9.49. The Labute approximate surface area is 139 Å². The highest BCUT2D eigenvalue weighted by molar-refractivity contribution is 5.85. The Kier molecular flexibility index (Phi) is 3.73.